The summed E-state index contributed by atoms with van der Waals surface area (Å²) in [7, 11) is 11.7. The van der Waals surface area contributed by atoms with Crippen LogP contribution < -0.4 is 26.6 Å². The van der Waals surface area contributed by atoms with Crippen molar-refractivity contribution in [1.82, 2.24) is 31.6 Å². The van der Waals surface area contributed by atoms with Gasteiger partial charge in [-0.15, -0.1) is 23.2 Å². The van der Waals surface area contributed by atoms with Gasteiger partial charge in [0.25, 0.3) is 11.8 Å². The Hall–Kier alpha value is -5.16. The molecule has 0 aromatic rings. The van der Waals surface area contributed by atoms with Crippen molar-refractivity contribution in [3.63, 3.8) is 0 Å². The molecule has 0 bridgehead atoms. The zero-order valence-corrected chi connectivity index (χ0v) is 66.3. The van der Waals surface area contributed by atoms with Crippen LogP contribution in [0.25, 0.3) is 0 Å². The van der Waals surface area contributed by atoms with Gasteiger partial charge in [-0.2, -0.15) is 5.06 Å². The Bertz CT molecular complexity index is 2000. The Labute approximate surface area is 653 Å². The van der Waals surface area contributed by atoms with Crippen LogP contribution in [-0.2, 0) is 133 Å². The molecule has 1 aliphatic rings. The number of rotatable bonds is 68. The summed E-state index contributed by atoms with van der Waals surface area (Å²) in [5.74, 6) is -5.78. The maximum absolute atomic E-state index is 11.8. The summed E-state index contributed by atoms with van der Waals surface area (Å²) < 4.78 is 92.4. The lowest BCUT2D eigenvalue weighted by Gasteiger charge is -2.13. The highest BCUT2D eigenvalue weighted by atomic mass is 35.5. The summed E-state index contributed by atoms with van der Waals surface area (Å²) in [6.45, 7) is 18.4. The number of carboxylic acid groups (broad SMARTS) is 3. The average Bonchev–Trinajstić information content (AvgIpc) is 1.76. The molecule has 0 unspecified atom stereocenters. The van der Waals surface area contributed by atoms with E-state index in [2.05, 4.69) is 36.1 Å². The summed E-state index contributed by atoms with van der Waals surface area (Å²) in [6, 6.07) is 0. The summed E-state index contributed by atoms with van der Waals surface area (Å²) in [5, 5.41) is 56.8. The van der Waals surface area contributed by atoms with Gasteiger partial charge in [-0.3, -0.25) is 38.8 Å². The molecular formula is C68H134Cl2N6O33. The van der Waals surface area contributed by atoms with Gasteiger partial charge in [0.2, 0.25) is 17.7 Å². The predicted molar refractivity (Wildman–Crippen MR) is 398 cm³/mol. The molecule has 1 fully saturated rings. The van der Waals surface area contributed by atoms with Crippen molar-refractivity contribution < 1.29 is 159 Å². The van der Waals surface area contributed by atoms with Gasteiger partial charge in [-0.05, 0) is 59.8 Å². The summed E-state index contributed by atoms with van der Waals surface area (Å²) >= 11 is 9.53. The second-order valence-electron chi connectivity index (χ2n) is 21.3. The molecule has 2 atom stereocenters. The number of hydroxylamine groups is 2. The lowest BCUT2D eigenvalue weighted by molar-refractivity contribution is -0.171. The largest absolute Gasteiger partial charge is 0.481 e. The van der Waals surface area contributed by atoms with E-state index in [0.29, 0.717) is 237 Å². The lowest BCUT2D eigenvalue weighted by atomic mass is 10.2. The van der Waals surface area contributed by atoms with Crippen LogP contribution in [0, 0.1) is 0 Å². The van der Waals surface area contributed by atoms with E-state index < -0.39 is 47.9 Å². The fourth-order valence-electron chi connectivity index (χ4n) is 6.73. The first-order valence-corrected chi connectivity index (χ1v) is 36.3. The number of carboxylic acids is 3. The van der Waals surface area contributed by atoms with Crippen molar-refractivity contribution in [1.29, 1.82) is 0 Å². The monoisotopic (exact) mass is 1630 g/mol. The van der Waals surface area contributed by atoms with Crippen LogP contribution in [0.4, 0.5) is 0 Å². The van der Waals surface area contributed by atoms with Crippen molar-refractivity contribution >= 4 is 82.4 Å². The van der Waals surface area contributed by atoms with Gasteiger partial charge in [-0.25, -0.2) is 9.59 Å². The number of carbonyl (C=O) groups is 10. The number of esters is 1. The summed E-state index contributed by atoms with van der Waals surface area (Å²) in [6.07, 6.45) is -0.262. The van der Waals surface area contributed by atoms with E-state index in [9.17, 15) is 47.9 Å². The Morgan fingerprint density at radius 1 is 0.394 bits per heavy atom. The van der Waals surface area contributed by atoms with Crippen LogP contribution in [0.1, 0.15) is 91.4 Å². The second kappa shape index (κ2) is 98.9. The standard InChI is InChI=1S/C21H40N2O10.C16H31NO7.C15H29NO8.C6H13NO3.C4H5NO3.C4H10O2.CH2Cl2.CH4/c1-22-7-3-4-18(21(26)27)33-20(25)6-5-19(24)23-8-9-29-12-13-31-16-17-32-15-14-30-11-10-28-2;1-15(18)3-4-16(19)17-5-6-21-9-10-23-13-14-24-12-11-22-8-7-20-2;1-20-6-7-22-10-11-24-13-12-23-9-8-21-5-4-16-14(17)2-3-15(18)19;1-7-4-2-3-5(8)6(9)10;6-3-1-2-4(7)5(3)8;1-5-3-4-6-2;2-1-3;/h18,22H,3-17H2,1-2H3,(H,23,24)(H,26,27);3-14H2,1-2H3,(H,17,19);2-13H2,1H3,(H,16,17)(H,18,19);5,7-8H,2-4H2,1H3,(H,9,10);8H,1-2H2;3-4H2,1-2H3;1H2;1H4/t18-;;;5-;;;;/m0..0..../s1. The number of nitrogens with one attached hydrogen (secondary N) is 5. The number of alkyl halides is 2. The number of imide groups is 1. The van der Waals surface area contributed by atoms with Crippen LogP contribution in [0.2, 0.25) is 0 Å². The number of Topliss-reactive ketones (excluding diaryl/α,β-unsaturated/α-hetero) is 1. The van der Waals surface area contributed by atoms with Gasteiger partial charge < -0.3 is 137 Å². The minimum absolute atomic E-state index is 0. The summed E-state index contributed by atoms with van der Waals surface area (Å²) in [4.78, 5) is 109. The molecule has 0 radical (unpaired) electrons. The van der Waals surface area contributed by atoms with Crippen molar-refractivity contribution in [3.8, 4) is 0 Å². The topological polar surface area (TPSA) is 501 Å². The first-order chi connectivity index (χ1) is 52.1. The Kier molecular flexibility index (Phi) is 106. The number of aliphatic hydroxyl groups is 1. The fourth-order valence-corrected chi connectivity index (χ4v) is 6.73. The minimum atomic E-state index is -1.20. The van der Waals surface area contributed by atoms with Crippen molar-refractivity contribution in [2.24, 2.45) is 0 Å². The molecule has 0 aliphatic carbocycles. The van der Waals surface area contributed by atoms with E-state index in [4.69, 9.17) is 125 Å². The van der Waals surface area contributed by atoms with E-state index in [-0.39, 0.29) is 99.1 Å². The number of nitrogens with zero attached hydrogens (tertiary/aromatic N) is 1. The Morgan fingerprint density at radius 2 is 0.651 bits per heavy atom. The molecule has 39 nitrogen and oxygen atoms in total. The number of ketones is 1. The van der Waals surface area contributed by atoms with E-state index in [1.165, 1.54) is 6.92 Å². The maximum atomic E-state index is 11.8. The Morgan fingerprint density at radius 3 is 0.890 bits per heavy atom. The number of hydrogen-bond acceptors (Lipinski definition) is 32. The molecule has 1 saturated heterocycles. The lowest BCUT2D eigenvalue weighted by Crippen LogP contribution is -2.30. The van der Waals surface area contributed by atoms with Crippen molar-refractivity contribution in [2.45, 2.75) is 104 Å². The van der Waals surface area contributed by atoms with Gasteiger partial charge in [0, 0.05) is 93.7 Å². The molecule has 41 heteroatoms. The van der Waals surface area contributed by atoms with Crippen LogP contribution in [-0.4, -0.2) is 381 Å². The molecule has 648 valence electrons. The molecule has 5 amide bonds. The molecule has 1 rings (SSSR count). The zero-order chi connectivity index (χ0) is 82.0. The van der Waals surface area contributed by atoms with Crippen molar-refractivity contribution in [2.75, 3.05) is 279 Å². The number of hydrogen-bond donors (Lipinski definition) is 10. The summed E-state index contributed by atoms with van der Waals surface area (Å²) in [5.41, 5.74) is 0. The van der Waals surface area contributed by atoms with Gasteiger partial charge in [0.1, 0.15) is 5.78 Å². The minimum Gasteiger partial charge on any atom is -0.481 e. The number of aliphatic carboxylic acids is 3. The van der Waals surface area contributed by atoms with Crippen LogP contribution >= 0.6 is 23.2 Å². The number of aliphatic hydroxyl groups excluding tert-OH is 1. The Balaban J connectivity index is -0.000000245. The van der Waals surface area contributed by atoms with Gasteiger partial charge in [0.15, 0.2) is 12.2 Å². The van der Waals surface area contributed by atoms with E-state index >= 15 is 0 Å². The van der Waals surface area contributed by atoms with E-state index in [1.807, 2.05) is 0 Å². The third kappa shape index (κ3) is 107. The van der Waals surface area contributed by atoms with Gasteiger partial charge >= 0.3 is 23.9 Å². The fraction of sp³-hybridized carbons (Fsp3) is 0.853. The third-order valence-electron chi connectivity index (χ3n) is 12.3. The number of ether oxygens (including phenoxy) is 18. The molecule has 1 heterocycles. The second-order valence-corrected chi connectivity index (χ2v) is 22.1. The molecule has 10 N–H and O–H groups in total. The number of carbonyl (C=O) groups excluding carboxylic acids is 7. The quantitative estimate of drug-likeness (QED) is 0.0132. The van der Waals surface area contributed by atoms with Gasteiger partial charge in [-0.1, -0.05) is 7.43 Å². The number of halogens is 2. The normalized spacial score (nSPS) is 11.7. The SMILES string of the molecule is C.CNCCC[C@H](O)C(=O)O.CNCCC[C@H](OC(=O)CCC(=O)NCCOCCOCCOCCOCCOC)C(=O)O.COCCOC.COCCOCCOCCOCCOCCNC(=O)CCC(=O)O.COCCOCCOCCOCCOCCNC(=O)CCC(C)=O.ClCCl.O=C1CCC(=O)N1O. The average molecular weight is 1630 g/mol. The molecule has 109 heavy (non-hydrogen) atoms. The van der Waals surface area contributed by atoms with E-state index in [0.717, 1.165) is 6.54 Å². The highest BCUT2D eigenvalue weighted by Crippen LogP contribution is 2.08. The highest BCUT2D eigenvalue weighted by molar-refractivity contribution is 6.40. The number of amides is 5. The van der Waals surface area contributed by atoms with Crippen LogP contribution in [0.5, 0.6) is 0 Å². The van der Waals surface area contributed by atoms with Crippen molar-refractivity contribution in [3.05, 3.63) is 0 Å². The van der Waals surface area contributed by atoms with Gasteiger partial charge in [0.05, 0.1) is 210 Å². The third-order valence-corrected chi connectivity index (χ3v) is 12.3. The molecular weight excluding hydrogens is 1500 g/mol. The molecule has 0 saturated carbocycles. The number of methoxy groups -OCH3 is 5. The smallest absolute Gasteiger partial charge is 0.345 e. The van der Waals surface area contributed by atoms with Crippen LogP contribution in [0.3, 0.4) is 0 Å². The molecule has 0 spiro atoms. The predicted octanol–water partition coefficient (Wildman–Crippen LogP) is 0.749. The zero-order valence-electron chi connectivity index (χ0n) is 64.8. The molecule has 0 aromatic heterocycles. The maximum Gasteiger partial charge on any atom is 0.345 e. The first kappa shape index (κ1) is 117. The highest BCUT2D eigenvalue weighted by Gasteiger charge is 2.27. The first-order valence-electron chi connectivity index (χ1n) is 35.2. The molecule has 1 aliphatic heterocycles. The van der Waals surface area contributed by atoms with Crippen LogP contribution in [0.15, 0.2) is 0 Å². The van der Waals surface area contributed by atoms with E-state index in [1.54, 1.807) is 49.6 Å². The molecule has 0 aromatic carbocycles.